The minimum atomic E-state index is 0.161. The molecule has 0 fully saturated rings. The van der Waals surface area contributed by atoms with Gasteiger partial charge in [-0.1, -0.05) is 17.7 Å². The molecule has 0 saturated carbocycles. The van der Waals surface area contributed by atoms with Gasteiger partial charge in [-0.3, -0.25) is 0 Å². The Balaban J connectivity index is 2.25. The van der Waals surface area contributed by atoms with E-state index in [4.69, 9.17) is 16.9 Å². The number of hydrogen-bond acceptors (Lipinski definition) is 3. The van der Waals surface area contributed by atoms with Gasteiger partial charge in [-0.25, -0.2) is 0 Å². The lowest BCUT2D eigenvalue weighted by atomic mass is 10.1. The third-order valence-electron chi connectivity index (χ3n) is 2.69. The van der Waals surface area contributed by atoms with E-state index in [2.05, 4.69) is 37.4 Å². The Morgan fingerprint density at radius 1 is 1.33 bits per heavy atom. The molecule has 4 heteroatoms. The maximum absolute atomic E-state index is 9.11. The molecular formula is C14H13ClN2S. The fourth-order valence-corrected chi connectivity index (χ4v) is 2.85. The number of rotatable bonds is 3. The van der Waals surface area contributed by atoms with Crippen molar-refractivity contribution in [2.24, 2.45) is 0 Å². The van der Waals surface area contributed by atoms with Gasteiger partial charge in [0.1, 0.15) is 6.07 Å². The van der Waals surface area contributed by atoms with Crippen LogP contribution in [-0.4, -0.2) is 0 Å². The van der Waals surface area contributed by atoms with E-state index in [1.165, 1.54) is 9.75 Å². The largest absolute Gasteiger partial charge is 0.377 e. The zero-order valence-electron chi connectivity index (χ0n) is 10.2. The average molecular weight is 277 g/mol. The average Bonchev–Trinajstić information content (AvgIpc) is 2.76. The van der Waals surface area contributed by atoms with Crippen LogP contribution in [0.25, 0.3) is 0 Å². The fourth-order valence-electron chi connectivity index (χ4n) is 1.75. The molecule has 0 aliphatic carbocycles. The second-order valence-corrected chi connectivity index (χ2v) is 5.82. The number of nitriles is 1. The van der Waals surface area contributed by atoms with Crippen LogP contribution in [0.4, 0.5) is 5.69 Å². The Labute approximate surface area is 116 Å². The quantitative estimate of drug-likeness (QED) is 0.878. The van der Waals surface area contributed by atoms with Gasteiger partial charge in [-0.15, -0.1) is 11.3 Å². The summed E-state index contributed by atoms with van der Waals surface area (Å²) in [5.41, 5.74) is 1.28. The van der Waals surface area contributed by atoms with Gasteiger partial charge in [0.05, 0.1) is 22.3 Å². The number of anilines is 1. The normalized spacial score (nSPS) is 11.9. The molecule has 2 nitrogen and oxygen atoms in total. The van der Waals surface area contributed by atoms with E-state index in [1.54, 1.807) is 17.4 Å². The highest BCUT2D eigenvalue weighted by Crippen LogP contribution is 2.29. The number of nitrogens with one attached hydrogen (secondary N) is 1. The first kappa shape index (κ1) is 12.9. The highest BCUT2D eigenvalue weighted by molar-refractivity contribution is 7.12. The minimum absolute atomic E-state index is 0.161. The number of benzene rings is 1. The van der Waals surface area contributed by atoms with E-state index in [-0.39, 0.29) is 6.04 Å². The number of thiophene rings is 1. The summed E-state index contributed by atoms with van der Waals surface area (Å²) in [5.74, 6) is 0. The summed E-state index contributed by atoms with van der Waals surface area (Å²) in [6, 6.07) is 11.9. The van der Waals surface area contributed by atoms with Gasteiger partial charge >= 0.3 is 0 Å². The van der Waals surface area contributed by atoms with Crippen LogP contribution in [-0.2, 0) is 0 Å². The predicted molar refractivity (Wildman–Crippen MR) is 77.3 cm³/mol. The lowest BCUT2D eigenvalue weighted by molar-refractivity contribution is 0.907. The van der Waals surface area contributed by atoms with Crippen molar-refractivity contribution in [2.45, 2.75) is 19.9 Å². The summed E-state index contributed by atoms with van der Waals surface area (Å²) in [7, 11) is 0. The van der Waals surface area contributed by atoms with Gasteiger partial charge in [-0.05, 0) is 38.1 Å². The van der Waals surface area contributed by atoms with Crippen LogP contribution in [0.5, 0.6) is 0 Å². The van der Waals surface area contributed by atoms with E-state index < -0.39 is 0 Å². The molecule has 0 aliphatic heterocycles. The highest BCUT2D eigenvalue weighted by atomic mass is 35.5. The van der Waals surface area contributed by atoms with Crippen molar-refractivity contribution in [2.75, 3.05) is 5.32 Å². The lowest BCUT2D eigenvalue weighted by Crippen LogP contribution is -2.06. The van der Waals surface area contributed by atoms with Crippen LogP contribution in [0.15, 0.2) is 30.3 Å². The summed E-state index contributed by atoms with van der Waals surface area (Å²) >= 11 is 7.76. The second-order valence-electron chi connectivity index (χ2n) is 4.09. The van der Waals surface area contributed by atoms with Crippen LogP contribution in [0.2, 0.25) is 5.02 Å². The molecular weight excluding hydrogens is 264 g/mol. The van der Waals surface area contributed by atoms with Crippen molar-refractivity contribution >= 4 is 28.6 Å². The van der Waals surface area contributed by atoms with Gasteiger partial charge in [0.15, 0.2) is 0 Å². The molecule has 1 unspecified atom stereocenters. The molecule has 0 saturated heterocycles. The topological polar surface area (TPSA) is 35.8 Å². The zero-order chi connectivity index (χ0) is 13.1. The molecule has 0 radical (unpaired) electrons. The van der Waals surface area contributed by atoms with Crippen molar-refractivity contribution in [1.29, 1.82) is 5.26 Å². The van der Waals surface area contributed by atoms with Crippen LogP contribution >= 0.6 is 22.9 Å². The molecule has 1 aromatic carbocycles. The van der Waals surface area contributed by atoms with Crippen LogP contribution in [0, 0.1) is 18.3 Å². The summed E-state index contributed by atoms with van der Waals surface area (Å²) in [6.07, 6.45) is 0. The number of hydrogen-bond donors (Lipinski definition) is 1. The lowest BCUT2D eigenvalue weighted by Gasteiger charge is -2.15. The minimum Gasteiger partial charge on any atom is -0.377 e. The van der Waals surface area contributed by atoms with Crippen LogP contribution in [0.1, 0.15) is 28.3 Å². The SMILES string of the molecule is Cc1ccc(C(C)Nc2cccc(Cl)c2C#N)s1. The second kappa shape index (κ2) is 5.43. The van der Waals surface area contributed by atoms with E-state index in [1.807, 2.05) is 12.1 Å². The van der Waals surface area contributed by atoms with Gasteiger partial charge in [0, 0.05) is 9.75 Å². The summed E-state index contributed by atoms with van der Waals surface area (Å²) in [4.78, 5) is 2.53. The predicted octanol–water partition coefficient (Wildman–Crippen LogP) is 4.75. The van der Waals surface area contributed by atoms with Gasteiger partial charge in [-0.2, -0.15) is 5.26 Å². The Bertz CT molecular complexity index is 598. The number of aryl methyl sites for hydroxylation is 1. The van der Waals surface area contributed by atoms with Crippen molar-refractivity contribution in [3.8, 4) is 6.07 Å². The van der Waals surface area contributed by atoms with Gasteiger partial charge < -0.3 is 5.32 Å². The highest BCUT2D eigenvalue weighted by Gasteiger charge is 2.11. The molecule has 1 heterocycles. The first-order valence-electron chi connectivity index (χ1n) is 5.63. The molecule has 92 valence electrons. The number of nitrogens with zero attached hydrogens (tertiary/aromatic N) is 1. The zero-order valence-corrected chi connectivity index (χ0v) is 11.8. The molecule has 2 rings (SSSR count). The molecule has 0 bridgehead atoms. The molecule has 1 N–H and O–H groups in total. The molecule has 0 amide bonds. The molecule has 18 heavy (non-hydrogen) atoms. The molecule has 1 aromatic heterocycles. The maximum Gasteiger partial charge on any atom is 0.103 e. The standard InChI is InChI=1S/C14H13ClN2S/c1-9-6-7-14(18-9)10(2)17-13-5-3-4-12(15)11(13)8-16/h3-7,10,17H,1-2H3. The van der Waals surface area contributed by atoms with Gasteiger partial charge in [0.2, 0.25) is 0 Å². The maximum atomic E-state index is 9.11. The van der Waals surface area contributed by atoms with E-state index in [9.17, 15) is 0 Å². The van der Waals surface area contributed by atoms with Crippen molar-refractivity contribution in [3.63, 3.8) is 0 Å². The monoisotopic (exact) mass is 276 g/mol. The van der Waals surface area contributed by atoms with E-state index in [0.717, 1.165) is 5.69 Å². The molecule has 1 atom stereocenters. The van der Waals surface area contributed by atoms with Crippen molar-refractivity contribution in [1.82, 2.24) is 0 Å². The fraction of sp³-hybridized carbons (Fsp3) is 0.214. The summed E-state index contributed by atoms with van der Waals surface area (Å²) < 4.78 is 0. The summed E-state index contributed by atoms with van der Waals surface area (Å²) in [5, 5.41) is 12.9. The Morgan fingerprint density at radius 3 is 2.72 bits per heavy atom. The Morgan fingerprint density at radius 2 is 2.11 bits per heavy atom. The third kappa shape index (κ3) is 2.66. The van der Waals surface area contributed by atoms with E-state index in [0.29, 0.717) is 10.6 Å². The Kier molecular flexibility index (Phi) is 3.90. The first-order chi connectivity index (χ1) is 8.61. The smallest absolute Gasteiger partial charge is 0.103 e. The Hall–Kier alpha value is -1.50. The summed E-state index contributed by atoms with van der Waals surface area (Å²) in [6.45, 7) is 4.16. The van der Waals surface area contributed by atoms with Crippen molar-refractivity contribution < 1.29 is 0 Å². The molecule has 0 aliphatic rings. The number of halogens is 1. The van der Waals surface area contributed by atoms with E-state index >= 15 is 0 Å². The van der Waals surface area contributed by atoms with Gasteiger partial charge in [0.25, 0.3) is 0 Å². The molecule has 0 spiro atoms. The van der Waals surface area contributed by atoms with Crippen molar-refractivity contribution in [3.05, 3.63) is 50.7 Å². The first-order valence-corrected chi connectivity index (χ1v) is 6.82. The molecule has 2 aromatic rings. The van der Waals surface area contributed by atoms with Crippen LogP contribution < -0.4 is 5.32 Å². The van der Waals surface area contributed by atoms with Crippen LogP contribution in [0.3, 0.4) is 0 Å². The third-order valence-corrected chi connectivity index (χ3v) is 4.18.